The van der Waals surface area contributed by atoms with E-state index in [0.717, 1.165) is 24.3 Å². The molecule has 0 bridgehead atoms. The number of hydrazine groups is 1. The molecule has 0 fully saturated rings. The fourth-order valence-electron chi connectivity index (χ4n) is 2.38. The van der Waals surface area contributed by atoms with Crippen LogP contribution in [0.15, 0.2) is 24.3 Å². The fraction of sp³-hybridized carbons (Fsp3) is 0.647. The van der Waals surface area contributed by atoms with E-state index < -0.39 is 0 Å². The summed E-state index contributed by atoms with van der Waals surface area (Å²) in [4.78, 5) is 0. The van der Waals surface area contributed by atoms with Crippen LogP contribution >= 0.6 is 0 Å². The van der Waals surface area contributed by atoms with E-state index in [0.29, 0.717) is 6.61 Å². The highest BCUT2D eigenvalue weighted by atomic mass is 16.5. The summed E-state index contributed by atoms with van der Waals surface area (Å²) < 4.78 is 11.6. The first-order chi connectivity index (χ1) is 9.93. The van der Waals surface area contributed by atoms with Crippen LogP contribution in [0.4, 0.5) is 0 Å². The average molecular weight is 294 g/mol. The van der Waals surface area contributed by atoms with Crippen LogP contribution in [0.1, 0.15) is 52.6 Å². The molecule has 0 amide bonds. The Labute approximate surface area is 129 Å². The van der Waals surface area contributed by atoms with Crippen molar-refractivity contribution in [3.8, 4) is 5.75 Å². The van der Waals surface area contributed by atoms with E-state index >= 15 is 0 Å². The van der Waals surface area contributed by atoms with Gasteiger partial charge in [-0.3, -0.25) is 11.3 Å². The van der Waals surface area contributed by atoms with Gasteiger partial charge in [0.05, 0.1) is 18.8 Å². The average Bonchev–Trinajstić information content (AvgIpc) is 2.45. The molecule has 0 aliphatic carbocycles. The minimum absolute atomic E-state index is 0.00471. The number of rotatable bonds is 8. The van der Waals surface area contributed by atoms with Crippen molar-refractivity contribution in [2.75, 3.05) is 13.2 Å². The molecule has 2 atom stereocenters. The van der Waals surface area contributed by atoms with Crippen LogP contribution in [0.5, 0.6) is 5.75 Å². The zero-order chi connectivity index (χ0) is 15.9. The van der Waals surface area contributed by atoms with Crippen LogP contribution < -0.4 is 16.0 Å². The van der Waals surface area contributed by atoms with E-state index in [2.05, 4.69) is 33.1 Å². The normalized spacial score (nSPS) is 14.8. The largest absolute Gasteiger partial charge is 0.494 e. The molecule has 4 heteroatoms. The SMILES string of the molecule is CCCOc1ccc(C(NN)C(OCC)C(C)(C)C)cc1. The summed E-state index contributed by atoms with van der Waals surface area (Å²) in [5, 5.41) is 0. The maximum atomic E-state index is 5.94. The molecule has 0 spiro atoms. The van der Waals surface area contributed by atoms with Gasteiger partial charge in [-0.05, 0) is 36.5 Å². The highest BCUT2D eigenvalue weighted by Gasteiger charge is 2.33. The summed E-state index contributed by atoms with van der Waals surface area (Å²) in [5.41, 5.74) is 4.00. The molecule has 0 radical (unpaired) electrons. The Kier molecular flexibility index (Phi) is 7.15. The molecule has 0 saturated heterocycles. The molecular formula is C17H30N2O2. The Morgan fingerprint density at radius 1 is 1.14 bits per heavy atom. The van der Waals surface area contributed by atoms with E-state index in [1.54, 1.807) is 0 Å². The lowest BCUT2D eigenvalue weighted by Gasteiger charge is -2.36. The second kappa shape index (κ2) is 8.37. The topological polar surface area (TPSA) is 56.5 Å². The molecule has 0 aromatic heterocycles. The first-order valence-electron chi connectivity index (χ1n) is 7.74. The molecular weight excluding hydrogens is 264 g/mol. The Balaban J connectivity index is 2.91. The van der Waals surface area contributed by atoms with Gasteiger partial charge in [0.25, 0.3) is 0 Å². The van der Waals surface area contributed by atoms with Gasteiger partial charge in [0.1, 0.15) is 5.75 Å². The van der Waals surface area contributed by atoms with Crippen molar-refractivity contribution in [2.24, 2.45) is 11.3 Å². The highest BCUT2D eigenvalue weighted by Crippen LogP contribution is 2.33. The van der Waals surface area contributed by atoms with E-state index in [9.17, 15) is 0 Å². The molecule has 0 aliphatic heterocycles. The highest BCUT2D eigenvalue weighted by molar-refractivity contribution is 5.30. The van der Waals surface area contributed by atoms with Gasteiger partial charge < -0.3 is 9.47 Å². The Bertz CT molecular complexity index is 398. The molecule has 0 saturated carbocycles. The third-order valence-electron chi connectivity index (χ3n) is 3.39. The summed E-state index contributed by atoms with van der Waals surface area (Å²) in [6, 6.07) is 8.02. The van der Waals surface area contributed by atoms with Crippen molar-refractivity contribution in [1.29, 1.82) is 0 Å². The number of benzene rings is 1. The predicted octanol–water partition coefficient (Wildman–Crippen LogP) is 3.43. The van der Waals surface area contributed by atoms with Crippen molar-refractivity contribution in [3.05, 3.63) is 29.8 Å². The zero-order valence-corrected chi connectivity index (χ0v) is 14.0. The van der Waals surface area contributed by atoms with Gasteiger partial charge in [-0.15, -0.1) is 0 Å². The second-order valence-corrected chi connectivity index (χ2v) is 6.30. The van der Waals surface area contributed by atoms with E-state index in [-0.39, 0.29) is 17.6 Å². The van der Waals surface area contributed by atoms with Crippen molar-refractivity contribution in [3.63, 3.8) is 0 Å². The van der Waals surface area contributed by atoms with Gasteiger partial charge in [-0.25, -0.2) is 0 Å². The van der Waals surface area contributed by atoms with Crippen LogP contribution in [0.3, 0.4) is 0 Å². The lowest BCUT2D eigenvalue weighted by Crippen LogP contribution is -2.44. The Morgan fingerprint density at radius 3 is 2.19 bits per heavy atom. The summed E-state index contributed by atoms with van der Waals surface area (Å²) >= 11 is 0. The monoisotopic (exact) mass is 294 g/mol. The number of ether oxygens (including phenoxy) is 2. The summed E-state index contributed by atoms with van der Waals surface area (Å²) in [5.74, 6) is 6.68. The van der Waals surface area contributed by atoms with E-state index in [1.807, 2.05) is 31.2 Å². The van der Waals surface area contributed by atoms with E-state index in [1.165, 1.54) is 0 Å². The minimum Gasteiger partial charge on any atom is -0.494 e. The van der Waals surface area contributed by atoms with Gasteiger partial charge >= 0.3 is 0 Å². The number of nitrogens with one attached hydrogen (secondary N) is 1. The molecule has 1 aromatic carbocycles. The Hall–Kier alpha value is -1.10. The predicted molar refractivity (Wildman–Crippen MR) is 87.2 cm³/mol. The minimum atomic E-state index is -0.0508. The standard InChI is InChI=1S/C17H30N2O2/c1-6-12-21-14-10-8-13(9-11-14)15(19-18)16(20-7-2)17(3,4)5/h8-11,15-16,19H,6-7,12,18H2,1-5H3. The summed E-state index contributed by atoms with van der Waals surface area (Å²) in [7, 11) is 0. The fourth-order valence-corrected chi connectivity index (χ4v) is 2.38. The van der Waals surface area contributed by atoms with Gasteiger partial charge in [0.15, 0.2) is 0 Å². The third-order valence-corrected chi connectivity index (χ3v) is 3.39. The van der Waals surface area contributed by atoms with Gasteiger partial charge in [-0.2, -0.15) is 0 Å². The molecule has 1 aromatic rings. The van der Waals surface area contributed by atoms with Gasteiger partial charge in [-0.1, -0.05) is 39.8 Å². The van der Waals surface area contributed by atoms with Crippen molar-refractivity contribution in [1.82, 2.24) is 5.43 Å². The summed E-state index contributed by atoms with van der Waals surface area (Å²) in [6.45, 7) is 12.0. The van der Waals surface area contributed by atoms with Crippen LogP contribution in [0.25, 0.3) is 0 Å². The lowest BCUT2D eigenvalue weighted by atomic mass is 9.82. The number of nitrogens with two attached hydrogens (primary N) is 1. The summed E-state index contributed by atoms with van der Waals surface area (Å²) in [6.07, 6.45) is 1.00. The molecule has 4 nitrogen and oxygen atoms in total. The van der Waals surface area contributed by atoms with Crippen molar-refractivity contribution < 1.29 is 9.47 Å². The first kappa shape index (κ1) is 18.0. The third kappa shape index (κ3) is 5.30. The van der Waals surface area contributed by atoms with Crippen molar-refractivity contribution >= 4 is 0 Å². The van der Waals surface area contributed by atoms with Crippen molar-refractivity contribution in [2.45, 2.75) is 53.2 Å². The second-order valence-electron chi connectivity index (χ2n) is 6.30. The smallest absolute Gasteiger partial charge is 0.119 e. The lowest BCUT2D eigenvalue weighted by molar-refractivity contribution is -0.0366. The first-order valence-corrected chi connectivity index (χ1v) is 7.74. The molecule has 2 unspecified atom stereocenters. The maximum Gasteiger partial charge on any atom is 0.119 e. The van der Waals surface area contributed by atoms with Gasteiger partial charge in [0.2, 0.25) is 0 Å². The molecule has 120 valence electrons. The maximum absolute atomic E-state index is 5.94. The number of hydrogen-bond donors (Lipinski definition) is 2. The molecule has 1 rings (SSSR count). The quantitative estimate of drug-likeness (QED) is 0.570. The van der Waals surface area contributed by atoms with E-state index in [4.69, 9.17) is 15.3 Å². The molecule has 21 heavy (non-hydrogen) atoms. The van der Waals surface area contributed by atoms with Crippen LogP contribution in [0, 0.1) is 5.41 Å². The van der Waals surface area contributed by atoms with Crippen LogP contribution in [-0.4, -0.2) is 19.3 Å². The van der Waals surface area contributed by atoms with Gasteiger partial charge in [0, 0.05) is 6.61 Å². The molecule has 0 heterocycles. The molecule has 0 aliphatic rings. The Morgan fingerprint density at radius 2 is 1.76 bits per heavy atom. The number of hydrogen-bond acceptors (Lipinski definition) is 4. The van der Waals surface area contributed by atoms with Crippen LogP contribution in [0.2, 0.25) is 0 Å². The van der Waals surface area contributed by atoms with Crippen LogP contribution in [-0.2, 0) is 4.74 Å². The zero-order valence-electron chi connectivity index (χ0n) is 14.0. The molecule has 3 N–H and O–H groups in total.